The molecule has 0 aliphatic rings. The maximum atomic E-state index is 11.3. The summed E-state index contributed by atoms with van der Waals surface area (Å²) in [6.07, 6.45) is 1.75. The average Bonchev–Trinajstić information content (AvgIpc) is 2.22. The molecule has 0 aromatic rings. The lowest BCUT2D eigenvalue weighted by Crippen LogP contribution is -2.33. The Hall–Kier alpha value is -1.10. The maximum absolute atomic E-state index is 11.3. The smallest absolute Gasteiger partial charge is 0.305 e. The summed E-state index contributed by atoms with van der Waals surface area (Å²) in [6, 6.07) is -0.210. The number of unbranched alkanes of at least 4 members (excludes halogenated alkanes) is 1. The number of hydrogen-bond donors (Lipinski definition) is 1. The summed E-state index contributed by atoms with van der Waals surface area (Å²) in [7, 11) is 1.34. The largest absolute Gasteiger partial charge is 0.469 e. The van der Waals surface area contributed by atoms with E-state index in [1.165, 1.54) is 7.11 Å². The van der Waals surface area contributed by atoms with Crippen molar-refractivity contribution in [3.63, 3.8) is 0 Å². The number of amides is 1. The molecule has 5 nitrogen and oxygen atoms in total. The molecule has 0 aromatic heterocycles. The average molecular weight is 217 g/mol. The number of nitrogens with zero attached hydrogens (tertiary/aromatic N) is 1. The topological polar surface area (TPSA) is 66.8 Å². The van der Waals surface area contributed by atoms with Gasteiger partial charge in [-0.05, 0) is 26.7 Å². The zero-order valence-electron chi connectivity index (χ0n) is 9.52. The molecule has 88 valence electrons. The van der Waals surface area contributed by atoms with Crippen LogP contribution in [0.1, 0.15) is 39.5 Å². The van der Waals surface area contributed by atoms with Gasteiger partial charge in [-0.25, -0.2) is 5.06 Å². The minimum atomic E-state index is -0.310. The minimum Gasteiger partial charge on any atom is -0.469 e. The van der Waals surface area contributed by atoms with E-state index in [4.69, 9.17) is 0 Å². The van der Waals surface area contributed by atoms with Gasteiger partial charge in [0.05, 0.1) is 13.2 Å². The summed E-state index contributed by atoms with van der Waals surface area (Å²) in [6.45, 7) is 3.46. The van der Waals surface area contributed by atoms with Crippen molar-refractivity contribution in [1.82, 2.24) is 5.06 Å². The Balaban J connectivity index is 3.60. The molecule has 1 amide bonds. The fraction of sp³-hybridized carbons (Fsp3) is 0.800. The van der Waals surface area contributed by atoms with E-state index in [2.05, 4.69) is 4.74 Å². The zero-order valence-corrected chi connectivity index (χ0v) is 9.52. The van der Waals surface area contributed by atoms with E-state index in [-0.39, 0.29) is 24.3 Å². The predicted molar refractivity (Wildman–Crippen MR) is 54.3 cm³/mol. The molecule has 0 fully saturated rings. The molecule has 0 heterocycles. The number of hydroxylamine groups is 2. The predicted octanol–water partition coefficient (Wildman–Crippen LogP) is 1.35. The van der Waals surface area contributed by atoms with Gasteiger partial charge < -0.3 is 4.74 Å². The normalized spacial score (nSPS) is 10.2. The Morgan fingerprint density at radius 2 is 1.80 bits per heavy atom. The van der Waals surface area contributed by atoms with Crippen molar-refractivity contribution in [2.75, 3.05) is 7.11 Å². The number of esters is 1. The third-order valence-electron chi connectivity index (χ3n) is 1.99. The molecule has 1 N–H and O–H groups in total. The first-order valence-electron chi connectivity index (χ1n) is 5.06. The van der Waals surface area contributed by atoms with Gasteiger partial charge in [0.25, 0.3) is 0 Å². The van der Waals surface area contributed by atoms with E-state index in [1.54, 1.807) is 13.8 Å². The van der Waals surface area contributed by atoms with Gasteiger partial charge in [0.1, 0.15) is 0 Å². The van der Waals surface area contributed by atoms with Crippen LogP contribution < -0.4 is 0 Å². The molecule has 0 atom stereocenters. The fourth-order valence-electron chi connectivity index (χ4n) is 1.05. The second-order valence-electron chi connectivity index (χ2n) is 3.62. The Morgan fingerprint density at radius 3 is 2.27 bits per heavy atom. The van der Waals surface area contributed by atoms with Gasteiger partial charge in [0, 0.05) is 12.8 Å². The molecule has 0 spiro atoms. The SMILES string of the molecule is COC(=O)CCCCC(=O)N(O)C(C)C. The molecule has 0 radical (unpaired) electrons. The lowest BCUT2D eigenvalue weighted by atomic mass is 10.2. The lowest BCUT2D eigenvalue weighted by molar-refractivity contribution is -0.173. The summed E-state index contributed by atoms with van der Waals surface area (Å²) < 4.78 is 4.46. The second-order valence-corrected chi connectivity index (χ2v) is 3.62. The highest BCUT2D eigenvalue weighted by atomic mass is 16.5. The fourth-order valence-corrected chi connectivity index (χ4v) is 1.05. The Morgan fingerprint density at radius 1 is 1.27 bits per heavy atom. The van der Waals surface area contributed by atoms with Crippen LogP contribution in [0.15, 0.2) is 0 Å². The van der Waals surface area contributed by atoms with Gasteiger partial charge >= 0.3 is 5.97 Å². The van der Waals surface area contributed by atoms with Crippen molar-refractivity contribution in [2.24, 2.45) is 0 Å². The van der Waals surface area contributed by atoms with E-state index >= 15 is 0 Å². The summed E-state index contributed by atoms with van der Waals surface area (Å²) in [5.74, 6) is -0.581. The first-order chi connectivity index (χ1) is 6.99. The van der Waals surface area contributed by atoms with Crippen LogP contribution in [0.4, 0.5) is 0 Å². The van der Waals surface area contributed by atoms with Crippen LogP contribution in [0.25, 0.3) is 0 Å². The first kappa shape index (κ1) is 13.9. The van der Waals surface area contributed by atoms with Crippen molar-refractivity contribution < 1.29 is 19.5 Å². The van der Waals surface area contributed by atoms with Crippen molar-refractivity contribution in [3.05, 3.63) is 0 Å². The maximum Gasteiger partial charge on any atom is 0.305 e. The van der Waals surface area contributed by atoms with Crippen LogP contribution in [-0.2, 0) is 14.3 Å². The molecular weight excluding hydrogens is 198 g/mol. The first-order valence-corrected chi connectivity index (χ1v) is 5.06. The standard InChI is InChI=1S/C10H19NO4/c1-8(2)11(14)9(12)6-4-5-7-10(13)15-3/h8,14H,4-7H2,1-3H3. The van der Waals surface area contributed by atoms with E-state index in [1.807, 2.05) is 0 Å². The van der Waals surface area contributed by atoms with E-state index in [0.29, 0.717) is 19.3 Å². The molecular formula is C10H19NO4. The molecule has 0 saturated heterocycles. The van der Waals surface area contributed by atoms with Crippen LogP contribution >= 0.6 is 0 Å². The van der Waals surface area contributed by atoms with Gasteiger partial charge in [0.2, 0.25) is 5.91 Å². The van der Waals surface area contributed by atoms with Crippen molar-refractivity contribution in [3.8, 4) is 0 Å². The number of carbonyl (C=O) groups is 2. The second kappa shape index (κ2) is 7.23. The molecule has 0 unspecified atom stereocenters. The van der Waals surface area contributed by atoms with Gasteiger partial charge in [-0.1, -0.05) is 0 Å². The van der Waals surface area contributed by atoms with Gasteiger partial charge in [-0.2, -0.15) is 0 Å². The summed E-state index contributed by atoms with van der Waals surface area (Å²) in [4.78, 5) is 22.0. The number of rotatable bonds is 6. The molecule has 0 saturated carbocycles. The monoisotopic (exact) mass is 217 g/mol. The molecule has 0 aliphatic heterocycles. The van der Waals surface area contributed by atoms with E-state index in [9.17, 15) is 14.8 Å². The highest BCUT2D eigenvalue weighted by Crippen LogP contribution is 2.05. The van der Waals surface area contributed by atoms with E-state index in [0.717, 1.165) is 5.06 Å². The van der Waals surface area contributed by atoms with Gasteiger partial charge in [0.15, 0.2) is 0 Å². The molecule has 0 aliphatic carbocycles. The summed E-state index contributed by atoms with van der Waals surface area (Å²) in [5.41, 5.74) is 0. The number of ether oxygens (including phenoxy) is 1. The Labute approximate surface area is 90.0 Å². The Bertz CT molecular complexity index is 215. The summed E-state index contributed by atoms with van der Waals surface area (Å²) in [5, 5.41) is 9.96. The zero-order chi connectivity index (χ0) is 11.8. The molecule has 0 bridgehead atoms. The third kappa shape index (κ3) is 6.06. The number of methoxy groups -OCH3 is 1. The quantitative estimate of drug-likeness (QED) is 0.315. The van der Waals surface area contributed by atoms with Crippen molar-refractivity contribution in [1.29, 1.82) is 0 Å². The minimum absolute atomic E-state index is 0.210. The van der Waals surface area contributed by atoms with Gasteiger partial charge in [-0.15, -0.1) is 0 Å². The highest BCUT2D eigenvalue weighted by molar-refractivity contribution is 5.75. The van der Waals surface area contributed by atoms with Gasteiger partial charge in [-0.3, -0.25) is 14.8 Å². The Kier molecular flexibility index (Phi) is 6.70. The lowest BCUT2D eigenvalue weighted by Gasteiger charge is -2.18. The summed E-state index contributed by atoms with van der Waals surface area (Å²) >= 11 is 0. The highest BCUT2D eigenvalue weighted by Gasteiger charge is 2.13. The van der Waals surface area contributed by atoms with Crippen LogP contribution in [0.2, 0.25) is 0 Å². The number of hydrogen-bond acceptors (Lipinski definition) is 4. The van der Waals surface area contributed by atoms with E-state index < -0.39 is 0 Å². The van der Waals surface area contributed by atoms with Crippen LogP contribution in [0.3, 0.4) is 0 Å². The van der Waals surface area contributed by atoms with Crippen molar-refractivity contribution in [2.45, 2.75) is 45.6 Å². The van der Waals surface area contributed by atoms with Crippen LogP contribution in [0, 0.1) is 0 Å². The van der Waals surface area contributed by atoms with Crippen LogP contribution in [-0.4, -0.2) is 35.3 Å². The van der Waals surface area contributed by atoms with Crippen molar-refractivity contribution >= 4 is 11.9 Å². The number of carbonyl (C=O) groups excluding carboxylic acids is 2. The molecule has 0 rings (SSSR count). The molecule has 15 heavy (non-hydrogen) atoms. The molecule has 5 heteroatoms. The third-order valence-corrected chi connectivity index (χ3v) is 1.99. The van der Waals surface area contributed by atoms with Crippen LogP contribution in [0.5, 0.6) is 0 Å². The molecule has 0 aromatic carbocycles.